The van der Waals surface area contributed by atoms with E-state index in [-0.39, 0.29) is 23.3 Å². The van der Waals surface area contributed by atoms with Gasteiger partial charge in [0.2, 0.25) is 0 Å². The first kappa shape index (κ1) is 25.9. The molecule has 37 heavy (non-hydrogen) atoms. The topological polar surface area (TPSA) is 41.6 Å². The van der Waals surface area contributed by atoms with E-state index in [0.29, 0.717) is 12.3 Å². The summed E-state index contributed by atoms with van der Waals surface area (Å²) in [7, 11) is 0. The third-order valence-electron chi connectivity index (χ3n) is 7.92. The lowest BCUT2D eigenvalue weighted by Crippen LogP contribution is -2.53. The SMILES string of the molecule is CC1(C)Cc2cc(-c3cc(C(F)(F)F)cc(C(F)(F)F)c3)ccc2C1NC(=O)O[C@@H]1CN2CCC1CC2. The minimum atomic E-state index is -4.92. The Morgan fingerprint density at radius 1 is 0.946 bits per heavy atom. The highest BCUT2D eigenvalue weighted by atomic mass is 19.4. The van der Waals surface area contributed by atoms with Gasteiger partial charge in [0, 0.05) is 6.54 Å². The molecule has 4 aliphatic rings. The second kappa shape index (κ2) is 8.92. The fourth-order valence-corrected chi connectivity index (χ4v) is 5.96. The summed E-state index contributed by atoms with van der Waals surface area (Å²) in [6, 6.07) is 5.98. The van der Waals surface area contributed by atoms with Crippen molar-refractivity contribution in [3.05, 3.63) is 58.7 Å². The third-order valence-corrected chi connectivity index (χ3v) is 7.92. The molecule has 6 rings (SSSR count). The highest BCUT2D eigenvalue weighted by Gasteiger charge is 2.42. The van der Waals surface area contributed by atoms with E-state index < -0.39 is 41.0 Å². The van der Waals surface area contributed by atoms with Crippen molar-refractivity contribution >= 4 is 6.09 Å². The van der Waals surface area contributed by atoms with Gasteiger partial charge in [-0.3, -0.25) is 4.90 Å². The number of carbonyl (C=O) groups is 1. The lowest BCUT2D eigenvalue weighted by molar-refractivity contribution is -0.143. The number of alkyl halides is 6. The van der Waals surface area contributed by atoms with Gasteiger partial charge in [-0.05, 0) is 84.1 Å². The van der Waals surface area contributed by atoms with Crippen LogP contribution in [0.1, 0.15) is 55.0 Å². The Hall–Kier alpha value is -2.75. The van der Waals surface area contributed by atoms with Crippen LogP contribution >= 0.6 is 0 Å². The molecule has 3 fully saturated rings. The molecule has 3 aliphatic heterocycles. The zero-order valence-corrected chi connectivity index (χ0v) is 20.5. The van der Waals surface area contributed by atoms with Crippen LogP contribution in [0.15, 0.2) is 36.4 Å². The van der Waals surface area contributed by atoms with Crippen LogP contribution in [0.3, 0.4) is 0 Å². The molecule has 2 aromatic carbocycles. The summed E-state index contributed by atoms with van der Waals surface area (Å²) in [5, 5.41) is 2.97. The second-order valence-corrected chi connectivity index (χ2v) is 11.0. The number of hydrogen-bond donors (Lipinski definition) is 1. The van der Waals surface area contributed by atoms with Crippen LogP contribution in [-0.2, 0) is 23.5 Å². The molecular weight excluding hydrogens is 498 g/mol. The van der Waals surface area contributed by atoms with E-state index in [0.717, 1.165) is 55.7 Å². The average molecular weight is 527 g/mol. The van der Waals surface area contributed by atoms with E-state index in [1.807, 2.05) is 13.8 Å². The fourth-order valence-electron chi connectivity index (χ4n) is 5.96. The van der Waals surface area contributed by atoms with Crippen molar-refractivity contribution in [3.8, 4) is 11.1 Å². The molecule has 0 aromatic heterocycles. The van der Waals surface area contributed by atoms with Gasteiger partial charge in [-0.2, -0.15) is 26.3 Å². The van der Waals surface area contributed by atoms with Crippen LogP contribution in [0.2, 0.25) is 0 Å². The first-order valence-corrected chi connectivity index (χ1v) is 12.3. The zero-order chi connectivity index (χ0) is 26.8. The van der Waals surface area contributed by atoms with Gasteiger partial charge in [-0.15, -0.1) is 0 Å². The number of amides is 1. The molecule has 1 unspecified atom stereocenters. The first-order valence-electron chi connectivity index (χ1n) is 12.3. The van der Waals surface area contributed by atoms with Gasteiger partial charge >= 0.3 is 18.4 Å². The quantitative estimate of drug-likeness (QED) is 0.446. The van der Waals surface area contributed by atoms with Gasteiger partial charge in [-0.25, -0.2) is 4.79 Å². The molecule has 1 N–H and O–H groups in total. The summed E-state index contributed by atoms with van der Waals surface area (Å²) in [6.45, 7) is 6.68. The molecule has 2 atom stereocenters. The third kappa shape index (κ3) is 5.17. The molecule has 0 spiro atoms. The van der Waals surface area contributed by atoms with Crippen molar-refractivity contribution < 1.29 is 35.9 Å². The molecule has 2 aromatic rings. The normalized spacial score (nSPS) is 26.6. The number of nitrogens with one attached hydrogen (secondary N) is 1. The molecule has 3 heterocycles. The lowest BCUT2D eigenvalue weighted by Gasteiger charge is -2.44. The minimum Gasteiger partial charge on any atom is -0.445 e. The molecule has 0 radical (unpaired) electrons. The van der Waals surface area contributed by atoms with Gasteiger partial charge in [0.05, 0.1) is 17.2 Å². The number of benzene rings is 2. The van der Waals surface area contributed by atoms with Crippen LogP contribution in [0.5, 0.6) is 0 Å². The van der Waals surface area contributed by atoms with Crippen LogP contribution < -0.4 is 5.32 Å². The number of halogens is 6. The molecule has 200 valence electrons. The van der Waals surface area contributed by atoms with Gasteiger partial charge in [0.25, 0.3) is 0 Å². The van der Waals surface area contributed by atoms with Gasteiger partial charge in [-0.1, -0.05) is 32.0 Å². The Morgan fingerprint density at radius 2 is 1.57 bits per heavy atom. The number of hydrogen-bond acceptors (Lipinski definition) is 3. The maximum Gasteiger partial charge on any atom is 0.416 e. The predicted molar refractivity (Wildman–Crippen MR) is 125 cm³/mol. The maximum atomic E-state index is 13.3. The average Bonchev–Trinajstić information content (AvgIpc) is 3.07. The number of alkyl carbamates (subject to hydrolysis) is 1. The predicted octanol–water partition coefficient (Wildman–Crippen LogP) is 6.84. The Labute approximate surface area is 211 Å². The van der Waals surface area contributed by atoms with Gasteiger partial charge < -0.3 is 10.1 Å². The molecule has 4 nitrogen and oxygen atoms in total. The van der Waals surface area contributed by atoms with Crippen molar-refractivity contribution in [2.24, 2.45) is 11.3 Å². The smallest absolute Gasteiger partial charge is 0.416 e. The number of piperidine rings is 3. The van der Waals surface area contributed by atoms with E-state index >= 15 is 0 Å². The van der Waals surface area contributed by atoms with Crippen molar-refractivity contribution in [1.29, 1.82) is 0 Å². The summed E-state index contributed by atoms with van der Waals surface area (Å²) < 4.78 is 85.8. The van der Waals surface area contributed by atoms with Gasteiger partial charge in [0.1, 0.15) is 6.10 Å². The van der Waals surface area contributed by atoms with Crippen LogP contribution in [0.25, 0.3) is 11.1 Å². The zero-order valence-electron chi connectivity index (χ0n) is 20.5. The van der Waals surface area contributed by atoms with Crippen molar-refractivity contribution in [2.75, 3.05) is 19.6 Å². The number of ether oxygens (including phenoxy) is 1. The molecule has 3 saturated heterocycles. The Kier molecular flexibility index (Phi) is 6.24. The summed E-state index contributed by atoms with van der Waals surface area (Å²) in [4.78, 5) is 15.1. The van der Waals surface area contributed by atoms with E-state index in [2.05, 4.69) is 10.2 Å². The molecule has 0 saturated carbocycles. The van der Waals surface area contributed by atoms with Crippen molar-refractivity contribution in [2.45, 2.75) is 57.6 Å². The van der Waals surface area contributed by atoms with E-state index in [9.17, 15) is 31.1 Å². The molecular formula is C27H28F6N2O2. The standard InChI is InChI=1S/C27H28F6N2O2/c1-25(2)13-18-9-16(17-10-19(26(28,29)30)12-20(11-17)27(31,32)33)3-4-21(18)23(25)34-24(36)37-22-14-35-7-5-15(22)6-8-35/h3-4,9-12,15,22-23H,5-8,13-14H2,1-2H3,(H,34,36)/t22-,23?/m1/s1. The minimum absolute atomic E-state index is 0.126. The second-order valence-electron chi connectivity index (χ2n) is 11.0. The fraction of sp³-hybridized carbons (Fsp3) is 0.519. The van der Waals surface area contributed by atoms with Crippen LogP contribution in [0.4, 0.5) is 31.1 Å². The first-order chi connectivity index (χ1) is 17.2. The van der Waals surface area contributed by atoms with E-state index in [4.69, 9.17) is 4.74 Å². The van der Waals surface area contributed by atoms with E-state index in [1.165, 1.54) is 6.07 Å². The van der Waals surface area contributed by atoms with E-state index in [1.54, 1.807) is 12.1 Å². The Bertz CT molecular complexity index is 1170. The maximum absolute atomic E-state index is 13.3. The lowest BCUT2D eigenvalue weighted by atomic mass is 9.85. The summed E-state index contributed by atoms with van der Waals surface area (Å²) >= 11 is 0. The highest BCUT2D eigenvalue weighted by Crippen LogP contribution is 2.47. The van der Waals surface area contributed by atoms with Crippen LogP contribution in [0, 0.1) is 11.3 Å². The molecule has 10 heteroatoms. The largest absolute Gasteiger partial charge is 0.445 e. The van der Waals surface area contributed by atoms with Crippen molar-refractivity contribution in [1.82, 2.24) is 10.2 Å². The summed E-state index contributed by atoms with van der Waals surface area (Å²) in [6.07, 6.45) is -8.00. The number of carbonyl (C=O) groups excluding carboxylic acids is 1. The highest BCUT2D eigenvalue weighted by molar-refractivity contribution is 5.71. The Balaban J connectivity index is 1.40. The van der Waals surface area contributed by atoms with Crippen molar-refractivity contribution in [3.63, 3.8) is 0 Å². The van der Waals surface area contributed by atoms with Gasteiger partial charge in [0.15, 0.2) is 0 Å². The molecule has 1 aliphatic carbocycles. The monoisotopic (exact) mass is 526 g/mol. The molecule has 1 amide bonds. The molecule has 2 bridgehead atoms. The summed E-state index contributed by atoms with van der Waals surface area (Å²) in [5.41, 5.74) is -1.51. The Morgan fingerprint density at radius 3 is 2.11 bits per heavy atom. The summed E-state index contributed by atoms with van der Waals surface area (Å²) in [5.74, 6) is 0.358. The number of nitrogens with zero attached hydrogens (tertiary/aromatic N) is 1. The number of fused-ring (bicyclic) bond motifs is 4. The number of rotatable bonds is 3. The van der Waals surface area contributed by atoms with Crippen LogP contribution in [-0.4, -0.2) is 36.7 Å².